The van der Waals surface area contributed by atoms with Crippen molar-refractivity contribution < 1.29 is 28.7 Å². The fraction of sp³-hybridized carbons (Fsp3) is 0.304. The molecular weight excluding hydrogens is 453 g/mol. The zero-order valence-electron chi connectivity index (χ0n) is 18.1. The maximum Gasteiger partial charge on any atom is 0.179 e. The fourth-order valence-electron chi connectivity index (χ4n) is 3.43. The van der Waals surface area contributed by atoms with Gasteiger partial charge in [-0.2, -0.15) is 0 Å². The monoisotopic (exact) mass is 477 g/mol. The van der Waals surface area contributed by atoms with E-state index in [4.69, 9.17) is 26.6 Å². The number of benzene rings is 2. The van der Waals surface area contributed by atoms with Crippen molar-refractivity contribution >= 4 is 17.9 Å². The summed E-state index contributed by atoms with van der Waals surface area (Å²) < 4.78 is 25.1. The van der Waals surface area contributed by atoms with E-state index in [2.05, 4.69) is 10.1 Å². The average molecular weight is 478 g/mol. The molecule has 1 saturated heterocycles. The van der Waals surface area contributed by atoms with Gasteiger partial charge in [0.05, 0.1) is 29.4 Å². The van der Waals surface area contributed by atoms with Gasteiger partial charge in [0, 0.05) is 31.3 Å². The SMILES string of the molecule is CCN.O=Cc1noc(-c2cc(Cl)c(O)cc2O)c1-c1ccc(F)c(CN2CCOCC2)c1. The van der Waals surface area contributed by atoms with Gasteiger partial charge in [-0.3, -0.25) is 9.69 Å². The number of carbonyl (C=O) groups is 1. The van der Waals surface area contributed by atoms with Gasteiger partial charge < -0.3 is 25.2 Å². The first-order chi connectivity index (χ1) is 15.9. The second-order valence-electron chi connectivity index (χ2n) is 7.31. The minimum Gasteiger partial charge on any atom is -0.507 e. The van der Waals surface area contributed by atoms with Gasteiger partial charge in [0.15, 0.2) is 17.7 Å². The number of ether oxygens (including phenoxy) is 1. The highest BCUT2D eigenvalue weighted by molar-refractivity contribution is 6.32. The molecule has 2 heterocycles. The molecule has 176 valence electrons. The van der Waals surface area contributed by atoms with Crippen LogP contribution >= 0.6 is 11.6 Å². The summed E-state index contributed by atoms with van der Waals surface area (Å²) in [4.78, 5) is 13.6. The molecule has 1 aliphatic heterocycles. The lowest BCUT2D eigenvalue weighted by molar-refractivity contribution is 0.0337. The van der Waals surface area contributed by atoms with E-state index in [0.717, 1.165) is 12.6 Å². The van der Waals surface area contributed by atoms with Crippen LogP contribution in [0.2, 0.25) is 5.02 Å². The van der Waals surface area contributed by atoms with E-state index in [1.54, 1.807) is 6.07 Å². The van der Waals surface area contributed by atoms with Gasteiger partial charge in [0.2, 0.25) is 0 Å². The van der Waals surface area contributed by atoms with Crippen molar-refractivity contribution in [2.24, 2.45) is 5.73 Å². The van der Waals surface area contributed by atoms with Crippen LogP contribution < -0.4 is 5.73 Å². The second-order valence-corrected chi connectivity index (χ2v) is 7.72. The Bertz CT molecular complexity index is 1120. The first-order valence-electron chi connectivity index (χ1n) is 10.3. The number of phenolic OH excluding ortho intramolecular Hbond substituents is 2. The number of hydrogen-bond acceptors (Lipinski definition) is 8. The molecule has 0 bridgehead atoms. The Hall–Kier alpha value is -2.98. The number of nitrogens with two attached hydrogens (primary N) is 1. The number of aldehydes is 1. The van der Waals surface area contributed by atoms with Gasteiger partial charge in [-0.15, -0.1) is 0 Å². The number of phenols is 2. The van der Waals surface area contributed by atoms with Crippen LogP contribution in [0, 0.1) is 5.82 Å². The molecule has 1 aliphatic rings. The van der Waals surface area contributed by atoms with Crippen LogP contribution in [-0.2, 0) is 11.3 Å². The van der Waals surface area contributed by atoms with Crippen molar-refractivity contribution in [3.8, 4) is 33.9 Å². The molecule has 33 heavy (non-hydrogen) atoms. The third kappa shape index (κ3) is 5.69. The van der Waals surface area contributed by atoms with Crippen LogP contribution in [0.15, 0.2) is 34.9 Å². The van der Waals surface area contributed by atoms with Gasteiger partial charge in [-0.05, 0) is 30.3 Å². The van der Waals surface area contributed by atoms with Gasteiger partial charge in [-0.1, -0.05) is 29.7 Å². The van der Waals surface area contributed by atoms with Crippen LogP contribution in [0.5, 0.6) is 11.5 Å². The minimum atomic E-state index is -0.369. The van der Waals surface area contributed by atoms with Gasteiger partial charge in [-0.25, -0.2) is 4.39 Å². The highest BCUT2D eigenvalue weighted by atomic mass is 35.5. The van der Waals surface area contributed by atoms with Crippen molar-refractivity contribution in [2.45, 2.75) is 13.5 Å². The summed E-state index contributed by atoms with van der Waals surface area (Å²) in [5.74, 6) is -0.890. The van der Waals surface area contributed by atoms with Crippen molar-refractivity contribution in [2.75, 3.05) is 32.8 Å². The Morgan fingerprint density at radius 1 is 1.21 bits per heavy atom. The number of nitrogens with zero attached hydrogens (tertiary/aromatic N) is 2. The molecule has 3 aromatic rings. The molecule has 1 fully saturated rings. The highest BCUT2D eigenvalue weighted by Crippen LogP contribution is 2.42. The zero-order chi connectivity index (χ0) is 24.0. The molecule has 0 aliphatic carbocycles. The number of hydrogen-bond donors (Lipinski definition) is 3. The molecule has 4 N–H and O–H groups in total. The van der Waals surface area contributed by atoms with E-state index in [1.165, 1.54) is 18.2 Å². The molecule has 0 unspecified atom stereocenters. The van der Waals surface area contributed by atoms with Crippen LogP contribution in [0.25, 0.3) is 22.5 Å². The minimum absolute atomic E-state index is 0.00229. The quantitative estimate of drug-likeness (QED) is 0.474. The largest absolute Gasteiger partial charge is 0.507 e. The van der Waals surface area contributed by atoms with Crippen LogP contribution in [0.4, 0.5) is 4.39 Å². The Balaban J connectivity index is 0.000000968. The lowest BCUT2D eigenvalue weighted by atomic mass is 9.97. The molecule has 2 aromatic carbocycles. The molecule has 0 radical (unpaired) electrons. The maximum atomic E-state index is 14.5. The summed E-state index contributed by atoms with van der Waals surface area (Å²) in [5.41, 5.74) is 6.24. The number of rotatable bonds is 5. The number of carbonyl (C=O) groups excluding carboxylic acids is 1. The maximum absolute atomic E-state index is 14.5. The molecular formula is C23H25ClFN3O5. The lowest BCUT2D eigenvalue weighted by Gasteiger charge is -2.26. The zero-order valence-corrected chi connectivity index (χ0v) is 18.8. The van der Waals surface area contributed by atoms with Crippen molar-refractivity contribution in [1.82, 2.24) is 10.1 Å². The Kier molecular flexibility index (Phi) is 8.40. The van der Waals surface area contributed by atoms with Crippen LogP contribution in [0.3, 0.4) is 0 Å². The normalized spacial score (nSPS) is 13.9. The lowest BCUT2D eigenvalue weighted by Crippen LogP contribution is -2.35. The fourth-order valence-corrected chi connectivity index (χ4v) is 3.59. The van der Waals surface area contributed by atoms with Crippen LogP contribution in [-0.4, -0.2) is 59.4 Å². The first-order valence-corrected chi connectivity index (χ1v) is 10.7. The summed E-state index contributed by atoms with van der Waals surface area (Å²) in [5, 5.41) is 23.7. The third-order valence-corrected chi connectivity index (χ3v) is 5.27. The molecule has 0 atom stereocenters. The molecule has 8 nitrogen and oxygen atoms in total. The smallest absolute Gasteiger partial charge is 0.179 e. The number of aromatic hydroxyl groups is 2. The van der Waals surface area contributed by atoms with Crippen molar-refractivity contribution in [3.05, 3.63) is 52.4 Å². The van der Waals surface area contributed by atoms with Gasteiger partial charge in [0.1, 0.15) is 17.3 Å². The standard InChI is InChI=1S/C21H18ClFN2O5.C2H7N/c22-15-8-14(18(27)9-19(15)28)21-20(17(11-26)24-30-21)12-1-2-16(23)13(7-12)10-25-3-5-29-6-4-25;1-2-3/h1-2,7-9,11,27-28H,3-6,10H2;2-3H2,1H3. The van der Waals surface area contributed by atoms with Gasteiger partial charge in [0.25, 0.3) is 0 Å². The number of morpholine rings is 1. The van der Waals surface area contributed by atoms with E-state index in [9.17, 15) is 19.4 Å². The summed E-state index contributed by atoms with van der Waals surface area (Å²) >= 11 is 5.97. The predicted octanol–water partition coefficient (Wildman–Crippen LogP) is 3.82. The van der Waals surface area contributed by atoms with E-state index in [0.29, 0.717) is 55.8 Å². The van der Waals surface area contributed by atoms with E-state index >= 15 is 0 Å². The van der Waals surface area contributed by atoms with Gasteiger partial charge >= 0.3 is 0 Å². The Morgan fingerprint density at radius 3 is 2.58 bits per heavy atom. The molecule has 10 heteroatoms. The average Bonchev–Trinajstić information content (AvgIpc) is 3.23. The van der Waals surface area contributed by atoms with Crippen molar-refractivity contribution in [3.63, 3.8) is 0 Å². The predicted molar refractivity (Wildman–Crippen MR) is 122 cm³/mol. The van der Waals surface area contributed by atoms with E-state index in [1.807, 2.05) is 6.92 Å². The molecule has 4 rings (SSSR count). The molecule has 0 amide bonds. The number of halogens is 2. The molecule has 0 spiro atoms. The van der Waals surface area contributed by atoms with E-state index in [-0.39, 0.29) is 39.4 Å². The summed E-state index contributed by atoms with van der Waals surface area (Å²) in [6, 6.07) is 6.84. The van der Waals surface area contributed by atoms with Crippen LogP contribution in [0.1, 0.15) is 23.0 Å². The van der Waals surface area contributed by atoms with Crippen molar-refractivity contribution in [1.29, 1.82) is 0 Å². The Labute approximate surface area is 195 Å². The first kappa shape index (κ1) is 24.7. The topological polar surface area (TPSA) is 122 Å². The molecule has 1 aromatic heterocycles. The van der Waals surface area contributed by atoms with E-state index < -0.39 is 0 Å². The second kappa shape index (κ2) is 11.2. The highest BCUT2D eigenvalue weighted by Gasteiger charge is 2.24. The Morgan fingerprint density at radius 2 is 1.91 bits per heavy atom. The summed E-state index contributed by atoms with van der Waals surface area (Å²) in [6.07, 6.45) is 0.520. The number of aromatic nitrogens is 1. The molecule has 0 saturated carbocycles. The summed E-state index contributed by atoms with van der Waals surface area (Å²) in [7, 11) is 0. The summed E-state index contributed by atoms with van der Waals surface area (Å²) in [6.45, 7) is 5.61. The third-order valence-electron chi connectivity index (χ3n) is 4.97.